The number of fused-ring (bicyclic) bond motifs is 4. The van der Waals surface area contributed by atoms with E-state index in [0.29, 0.717) is 11.1 Å². The van der Waals surface area contributed by atoms with Crippen molar-refractivity contribution in [1.29, 1.82) is 0 Å². The average molecular weight is 639 g/mol. The Morgan fingerprint density at radius 3 is 1.64 bits per heavy atom. The number of imide groups is 2. The van der Waals surface area contributed by atoms with Crippen LogP contribution in [0.2, 0.25) is 0 Å². The molecule has 3 fully saturated rings. The van der Waals surface area contributed by atoms with Gasteiger partial charge in [-0.25, -0.2) is 19.4 Å². The van der Waals surface area contributed by atoms with Crippen LogP contribution in [0.15, 0.2) is 72.3 Å². The fraction of sp³-hybridized carbons (Fsp3) is 0.235. The zero-order chi connectivity index (χ0) is 33.5. The molecule has 0 aromatic heterocycles. The molecule has 2 heterocycles. The van der Waals surface area contributed by atoms with Crippen molar-refractivity contribution in [1.82, 2.24) is 0 Å². The molecule has 5 N–H and O–H groups in total. The number of carbonyl (C=O) groups is 6. The zero-order valence-corrected chi connectivity index (χ0v) is 24.3. The molecule has 1 saturated carbocycles. The molecular weight excluding hydrogens is 612 g/mol. The monoisotopic (exact) mass is 638 g/mol. The second kappa shape index (κ2) is 10.5. The van der Waals surface area contributed by atoms with Gasteiger partial charge < -0.3 is 25.5 Å². The molecule has 0 unspecified atom stereocenters. The average Bonchev–Trinajstić information content (AvgIpc) is 3.43. The van der Waals surface area contributed by atoms with Crippen LogP contribution in [0.5, 0.6) is 17.2 Å². The van der Waals surface area contributed by atoms with E-state index in [1.54, 1.807) is 12.1 Å². The number of rotatable bonds is 5. The van der Waals surface area contributed by atoms with E-state index in [1.807, 2.05) is 6.08 Å². The molecule has 2 aliphatic heterocycles. The number of nitrogens with zero attached hydrogens (tertiary/aromatic N) is 2. The molecule has 0 spiro atoms. The van der Waals surface area contributed by atoms with Crippen molar-refractivity contribution in [3.8, 4) is 17.2 Å². The lowest BCUT2D eigenvalue weighted by atomic mass is 9.57. The summed E-state index contributed by atoms with van der Waals surface area (Å²) in [5.74, 6) is -11.3. The molecule has 3 aromatic rings. The number of carboxylic acids is 2. The highest BCUT2D eigenvalue weighted by atomic mass is 16.4. The Hall–Kier alpha value is -5.98. The Kier molecular flexibility index (Phi) is 6.67. The number of phenolic OH excluding ortho intramolecular Hbond substituents is 1. The van der Waals surface area contributed by atoms with Gasteiger partial charge in [-0.3, -0.25) is 19.2 Å². The van der Waals surface area contributed by atoms with Crippen molar-refractivity contribution in [2.45, 2.75) is 18.8 Å². The molecule has 238 valence electrons. The van der Waals surface area contributed by atoms with Gasteiger partial charge in [-0.1, -0.05) is 23.8 Å². The minimum atomic E-state index is -1.39. The fourth-order valence-electron chi connectivity index (χ4n) is 7.83. The van der Waals surface area contributed by atoms with E-state index < -0.39 is 93.7 Å². The van der Waals surface area contributed by atoms with Crippen LogP contribution in [-0.2, 0) is 19.2 Å². The summed E-state index contributed by atoms with van der Waals surface area (Å²) in [6.45, 7) is 0. The summed E-state index contributed by atoms with van der Waals surface area (Å²) in [4.78, 5) is 80.6. The van der Waals surface area contributed by atoms with Crippen molar-refractivity contribution < 1.29 is 54.3 Å². The number of aromatic carboxylic acids is 2. The van der Waals surface area contributed by atoms with E-state index in [0.717, 1.165) is 34.1 Å². The number of carboxylic acid groups (broad SMARTS) is 2. The highest BCUT2D eigenvalue weighted by Gasteiger charge is 2.62. The molecule has 6 atom stereocenters. The summed E-state index contributed by atoms with van der Waals surface area (Å²) in [7, 11) is 0. The first kappa shape index (κ1) is 29.7. The highest BCUT2D eigenvalue weighted by Crippen LogP contribution is 2.58. The number of anilines is 2. The predicted octanol–water partition coefficient (Wildman–Crippen LogP) is 3.25. The second-order valence-corrected chi connectivity index (χ2v) is 12.2. The molecule has 0 bridgehead atoms. The molecule has 13 heteroatoms. The number of aromatic hydroxyl groups is 3. The SMILES string of the molecule is O=C(O)c1ccc(N2C(=O)[C@H]3[C@H](CC=C4[C@H]3C[C@H]3C(=O)N(c5ccc(C(=O)O)c(O)c5)C(=O)[C@H]3[C@H]4c3ccc(O)cc3)C2=O)cc1O. The topological polar surface area (TPSA) is 210 Å². The zero-order valence-electron chi connectivity index (χ0n) is 24.3. The van der Waals surface area contributed by atoms with Crippen LogP contribution in [0.3, 0.4) is 0 Å². The third-order valence-electron chi connectivity index (χ3n) is 9.84. The largest absolute Gasteiger partial charge is 0.508 e. The Morgan fingerprint density at radius 1 is 0.617 bits per heavy atom. The molecule has 4 amide bonds. The summed E-state index contributed by atoms with van der Waals surface area (Å²) in [6, 6.07) is 12.9. The number of hydrogen-bond acceptors (Lipinski definition) is 9. The third-order valence-corrected chi connectivity index (χ3v) is 9.84. The van der Waals surface area contributed by atoms with E-state index in [9.17, 15) is 54.3 Å². The highest BCUT2D eigenvalue weighted by molar-refractivity contribution is 6.24. The van der Waals surface area contributed by atoms with Crippen LogP contribution in [0.4, 0.5) is 11.4 Å². The maximum absolute atomic E-state index is 14.1. The number of carbonyl (C=O) groups excluding carboxylic acids is 4. The van der Waals surface area contributed by atoms with Gasteiger partial charge in [-0.2, -0.15) is 0 Å². The van der Waals surface area contributed by atoms with Crippen molar-refractivity contribution >= 4 is 46.9 Å². The van der Waals surface area contributed by atoms with Gasteiger partial charge in [0.15, 0.2) is 0 Å². The first-order chi connectivity index (χ1) is 22.4. The van der Waals surface area contributed by atoms with Crippen LogP contribution in [0, 0.1) is 29.6 Å². The fourth-order valence-corrected chi connectivity index (χ4v) is 7.83. The third kappa shape index (κ3) is 4.37. The summed E-state index contributed by atoms with van der Waals surface area (Å²) >= 11 is 0. The van der Waals surface area contributed by atoms with Crippen LogP contribution in [-0.4, -0.2) is 61.1 Å². The normalized spacial score (nSPS) is 26.5. The van der Waals surface area contributed by atoms with E-state index >= 15 is 0 Å². The summed E-state index contributed by atoms with van der Waals surface area (Å²) in [6.07, 6.45) is 2.02. The molecule has 4 aliphatic rings. The van der Waals surface area contributed by atoms with Gasteiger partial charge in [0.1, 0.15) is 28.4 Å². The Balaban J connectivity index is 1.30. The van der Waals surface area contributed by atoms with Gasteiger partial charge in [0, 0.05) is 18.1 Å². The first-order valence-corrected chi connectivity index (χ1v) is 14.8. The maximum Gasteiger partial charge on any atom is 0.339 e. The smallest absolute Gasteiger partial charge is 0.339 e. The van der Waals surface area contributed by atoms with Crippen molar-refractivity contribution in [2.24, 2.45) is 29.6 Å². The molecule has 0 radical (unpaired) electrons. The summed E-state index contributed by atoms with van der Waals surface area (Å²) in [5, 5.41) is 49.2. The van der Waals surface area contributed by atoms with Gasteiger partial charge in [0.2, 0.25) is 23.6 Å². The summed E-state index contributed by atoms with van der Waals surface area (Å²) in [5.41, 5.74) is 0.474. The lowest BCUT2D eigenvalue weighted by Gasteiger charge is -2.44. The van der Waals surface area contributed by atoms with E-state index in [2.05, 4.69) is 0 Å². The van der Waals surface area contributed by atoms with E-state index in [1.165, 1.54) is 24.3 Å². The van der Waals surface area contributed by atoms with Crippen molar-refractivity contribution in [2.75, 3.05) is 9.80 Å². The summed E-state index contributed by atoms with van der Waals surface area (Å²) < 4.78 is 0. The van der Waals surface area contributed by atoms with Gasteiger partial charge in [0.25, 0.3) is 0 Å². The van der Waals surface area contributed by atoms with Crippen molar-refractivity contribution in [3.05, 3.63) is 89.0 Å². The lowest BCUT2D eigenvalue weighted by Crippen LogP contribution is -2.43. The minimum absolute atomic E-state index is 0.00475. The molecular formula is C34H26N2O11. The number of amides is 4. The molecule has 47 heavy (non-hydrogen) atoms. The Bertz CT molecular complexity index is 1970. The van der Waals surface area contributed by atoms with E-state index in [-0.39, 0.29) is 30.0 Å². The minimum Gasteiger partial charge on any atom is -0.508 e. The molecule has 13 nitrogen and oxygen atoms in total. The molecule has 2 saturated heterocycles. The van der Waals surface area contributed by atoms with Gasteiger partial charge in [0.05, 0.1) is 35.0 Å². The molecule has 7 rings (SSSR count). The van der Waals surface area contributed by atoms with Crippen LogP contribution in [0.25, 0.3) is 0 Å². The quantitative estimate of drug-likeness (QED) is 0.202. The van der Waals surface area contributed by atoms with Crippen LogP contribution < -0.4 is 9.80 Å². The maximum atomic E-state index is 14.1. The van der Waals surface area contributed by atoms with Gasteiger partial charge in [-0.15, -0.1) is 0 Å². The molecule has 3 aromatic carbocycles. The Labute approximate surface area is 265 Å². The number of phenols is 3. The Morgan fingerprint density at radius 2 is 1.13 bits per heavy atom. The lowest BCUT2D eigenvalue weighted by molar-refractivity contribution is -0.126. The number of benzene rings is 3. The predicted molar refractivity (Wildman–Crippen MR) is 161 cm³/mol. The van der Waals surface area contributed by atoms with Gasteiger partial charge in [-0.05, 0) is 60.7 Å². The van der Waals surface area contributed by atoms with Crippen LogP contribution >= 0.6 is 0 Å². The molecule has 2 aliphatic carbocycles. The number of allylic oxidation sites excluding steroid dienone is 2. The second-order valence-electron chi connectivity index (χ2n) is 12.2. The van der Waals surface area contributed by atoms with Crippen molar-refractivity contribution in [3.63, 3.8) is 0 Å². The first-order valence-electron chi connectivity index (χ1n) is 14.8. The standard InChI is InChI=1S/C34H26N2O11/c37-17-5-1-14(2-6-17)26-18-9-10-21-27(31(42)35(29(21)40)15-3-7-19(33(44)45)24(38)11-15)22(18)13-23-28(26)32(43)36(30(23)41)16-4-8-20(34(46)47)25(39)12-16/h1-9,11-12,21-23,26-28,37-39H,10,13H2,(H,44,45)(H,46,47)/t21-,22+,23+,26-,27-,28+/m0/s1. The van der Waals surface area contributed by atoms with Crippen LogP contribution in [0.1, 0.15) is 45.0 Å². The number of hydrogen-bond donors (Lipinski definition) is 5. The van der Waals surface area contributed by atoms with Gasteiger partial charge >= 0.3 is 11.9 Å². The van der Waals surface area contributed by atoms with E-state index in [4.69, 9.17) is 0 Å².